The van der Waals surface area contributed by atoms with Crippen molar-refractivity contribution in [1.82, 2.24) is 0 Å². The molecule has 3 heteroatoms. The Morgan fingerprint density at radius 1 is 0.800 bits per heavy atom. The number of hydrogen-bond donors (Lipinski definition) is 0. The second kappa shape index (κ2) is 4.85. The molecule has 0 N–H and O–H groups in total. The number of Topliss-reactive ketones (excluding diaryl/α,β-unsaturated/α-hetero) is 3. The molecule has 0 saturated carbocycles. The Morgan fingerprint density at radius 2 is 1.30 bits per heavy atom. The molecule has 98 valence electrons. The Labute approximate surface area is 116 Å². The molecule has 0 atom stereocenters. The largest absolute Gasteiger partial charge is 0.298 e. The van der Waals surface area contributed by atoms with E-state index in [1.54, 1.807) is 24.3 Å². The topological polar surface area (TPSA) is 51.2 Å². The predicted octanol–water partition coefficient (Wildman–Crippen LogP) is 2.49. The molecule has 0 aromatic heterocycles. The third-order valence-electron chi connectivity index (χ3n) is 3.53. The van der Waals surface area contributed by atoms with Gasteiger partial charge >= 0.3 is 0 Å². The Hall–Kier alpha value is -2.55. The van der Waals surface area contributed by atoms with E-state index in [1.165, 1.54) is 0 Å². The van der Waals surface area contributed by atoms with E-state index in [0.717, 1.165) is 5.56 Å². The Balaban J connectivity index is 1.88. The molecule has 3 nitrogen and oxygen atoms in total. The van der Waals surface area contributed by atoms with Crippen molar-refractivity contribution in [2.45, 2.75) is 6.42 Å². The van der Waals surface area contributed by atoms with Gasteiger partial charge in [-0.05, 0) is 5.56 Å². The molecule has 0 bridgehead atoms. The molecule has 0 unspecified atom stereocenters. The average Bonchev–Trinajstić information content (AvgIpc) is 2.72. The van der Waals surface area contributed by atoms with Gasteiger partial charge in [0.05, 0.1) is 0 Å². The van der Waals surface area contributed by atoms with E-state index >= 15 is 0 Å². The number of ketones is 3. The zero-order chi connectivity index (χ0) is 14.1. The minimum Gasteiger partial charge on any atom is -0.298 e. The highest BCUT2D eigenvalue weighted by atomic mass is 16.2. The summed E-state index contributed by atoms with van der Waals surface area (Å²) in [5.41, 5.74) is 1.54. The SMILES string of the molecule is O=C(Cc1ccccc1)C1C(=O)c2ccccc2C1=O. The molecule has 0 heterocycles. The summed E-state index contributed by atoms with van der Waals surface area (Å²) in [5.74, 6) is -2.23. The first-order valence-electron chi connectivity index (χ1n) is 6.42. The lowest BCUT2D eigenvalue weighted by Crippen LogP contribution is -2.27. The fraction of sp³-hybridized carbons (Fsp3) is 0.118. The van der Waals surface area contributed by atoms with E-state index in [2.05, 4.69) is 0 Å². The van der Waals surface area contributed by atoms with Crippen LogP contribution in [0, 0.1) is 5.92 Å². The Kier molecular flexibility index (Phi) is 3.03. The third kappa shape index (κ3) is 1.97. The lowest BCUT2D eigenvalue weighted by molar-refractivity contribution is -0.119. The van der Waals surface area contributed by atoms with E-state index in [-0.39, 0.29) is 23.8 Å². The number of carbonyl (C=O) groups excluding carboxylic acids is 3. The summed E-state index contributed by atoms with van der Waals surface area (Å²) in [4.78, 5) is 36.7. The summed E-state index contributed by atoms with van der Waals surface area (Å²) < 4.78 is 0. The van der Waals surface area contributed by atoms with E-state index in [0.29, 0.717) is 11.1 Å². The van der Waals surface area contributed by atoms with E-state index in [1.807, 2.05) is 30.3 Å². The smallest absolute Gasteiger partial charge is 0.181 e. The quantitative estimate of drug-likeness (QED) is 0.800. The van der Waals surface area contributed by atoms with Crippen molar-refractivity contribution in [3.8, 4) is 0 Å². The molecule has 2 aromatic rings. The van der Waals surface area contributed by atoms with Crippen molar-refractivity contribution in [3.05, 3.63) is 71.3 Å². The van der Waals surface area contributed by atoms with Crippen LogP contribution in [0.3, 0.4) is 0 Å². The standard InChI is InChI=1S/C17H12O3/c18-14(10-11-6-2-1-3-7-11)15-16(19)12-8-4-5-9-13(12)17(15)20/h1-9,15H,10H2. The van der Waals surface area contributed by atoms with Crippen LogP contribution >= 0.6 is 0 Å². The Bertz CT molecular complexity index is 666. The van der Waals surface area contributed by atoms with Gasteiger partial charge in [-0.2, -0.15) is 0 Å². The molecule has 0 fully saturated rings. The lowest BCUT2D eigenvalue weighted by atomic mass is 9.94. The molecule has 2 aromatic carbocycles. The molecule has 0 radical (unpaired) electrons. The van der Waals surface area contributed by atoms with Crippen LogP contribution in [0.1, 0.15) is 26.3 Å². The van der Waals surface area contributed by atoms with Gasteiger partial charge in [0.1, 0.15) is 5.92 Å². The monoisotopic (exact) mass is 264 g/mol. The van der Waals surface area contributed by atoms with Crippen LogP contribution in [0.4, 0.5) is 0 Å². The number of fused-ring (bicyclic) bond motifs is 1. The second-order valence-electron chi connectivity index (χ2n) is 4.84. The van der Waals surface area contributed by atoms with Gasteiger partial charge in [-0.15, -0.1) is 0 Å². The normalized spacial score (nSPS) is 14.4. The lowest BCUT2D eigenvalue weighted by Gasteiger charge is -2.05. The Morgan fingerprint density at radius 3 is 1.85 bits per heavy atom. The predicted molar refractivity (Wildman–Crippen MR) is 73.7 cm³/mol. The summed E-state index contributed by atoms with van der Waals surface area (Å²) in [6, 6.07) is 15.8. The number of carbonyl (C=O) groups is 3. The number of rotatable bonds is 3. The van der Waals surface area contributed by atoms with Crippen molar-refractivity contribution in [1.29, 1.82) is 0 Å². The molecular weight excluding hydrogens is 252 g/mol. The van der Waals surface area contributed by atoms with E-state index in [4.69, 9.17) is 0 Å². The van der Waals surface area contributed by atoms with E-state index < -0.39 is 5.92 Å². The van der Waals surface area contributed by atoms with Crippen LogP contribution in [0.5, 0.6) is 0 Å². The fourth-order valence-electron chi connectivity index (χ4n) is 2.53. The minimum absolute atomic E-state index is 0.108. The van der Waals surface area contributed by atoms with Crippen molar-refractivity contribution in [2.75, 3.05) is 0 Å². The molecule has 1 aliphatic rings. The second-order valence-corrected chi connectivity index (χ2v) is 4.84. The van der Waals surface area contributed by atoms with Crippen LogP contribution in [0.15, 0.2) is 54.6 Å². The first-order chi connectivity index (χ1) is 9.68. The van der Waals surface area contributed by atoms with Crippen LogP contribution in [0.2, 0.25) is 0 Å². The first kappa shape index (κ1) is 12.5. The summed E-state index contributed by atoms with van der Waals surface area (Å²) in [7, 11) is 0. The van der Waals surface area contributed by atoms with Crippen molar-refractivity contribution in [2.24, 2.45) is 5.92 Å². The van der Waals surface area contributed by atoms with Crippen LogP contribution in [0.25, 0.3) is 0 Å². The van der Waals surface area contributed by atoms with Crippen molar-refractivity contribution >= 4 is 17.3 Å². The summed E-state index contributed by atoms with van der Waals surface area (Å²) in [5, 5.41) is 0. The van der Waals surface area contributed by atoms with Gasteiger partial charge < -0.3 is 0 Å². The van der Waals surface area contributed by atoms with Gasteiger partial charge in [0.2, 0.25) is 0 Å². The summed E-state index contributed by atoms with van der Waals surface area (Å²) in [6.07, 6.45) is 0.108. The van der Waals surface area contributed by atoms with E-state index in [9.17, 15) is 14.4 Å². The zero-order valence-corrected chi connectivity index (χ0v) is 10.7. The average molecular weight is 264 g/mol. The van der Waals surface area contributed by atoms with Crippen LogP contribution in [-0.2, 0) is 11.2 Å². The number of hydrogen-bond acceptors (Lipinski definition) is 3. The molecule has 0 amide bonds. The summed E-state index contributed by atoms with van der Waals surface area (Å²) in [6.45, 7) is 0. The van der Waals surface area contributed by atoms with Gasteiger partial charge in [-0.1, -0.05) is 54.6 Å². The van der Waals surface area contributed by atoms with Gasteiger partial charge in [0.25, 0.3) is 0 Å². The van der Waals surface area contributed by atoms with Gasteiger partial charge in [0.15, 0.2) is 17.3 Å². The maximum atomic E-state index is 12.3. The molecule has 0 spiro atoms. The van der Waals surface area contributed by atoms with Crippen LogP contribution < -0.4 is 0 Å². The zero-order valence-electron chi connectivity index (χ0n) is 10.7. The first-order valence-corrected chi connectivity index (χ1v) is 6.42. The maximum Gasteiger partial charge on any atom is 0.181 e. The van der Waals surface area contributed by atoms with Gasteiger partial charge in [-0.25, -0.2) is 0 Å². The molecule has 3 rings (SSSR count). The molecular formula is C17H12O3. The van der Waals surface area contributed by atoms with Crippen molar-refractivity contribution in [3.63, 3.8) is 0 Å². The van der Waals surface area contributed by atoms with Crippen molar-refractivity contribution < 1.29 is 14.4 Å². The summed E-state index contributed by atoms with van der Waals surface area (Å²) >= 11 is 0. The highest BCUT2D eigenvalue weighted by Crippen LogP contribution is 2.28. The minimum atomic E-state index is -1.16. The third-order valence-corrected chi connectivity index (χ3v) is 3.53. The molecule has 1 aliphatic carbocycles. The highest BCUT2D eigenvalue weighted by molar-refractivity contribution is 6.35. The fourth-order valence-corrected chi connectivity index (χ4v) is 2.53. The highest BCUT2D eigenvalue weighted by Gasteiger charge is 2.42. The van der Waals surface area contributed by atoms with Gasteiger partial charge in [-0.3, -0.25) is 14.4 Å². The molecule has 0 saturated heterocycles. The van der Waals surface area contributed by atoms with Crippen LogP contribution in [-0.4, -0.2) is 17.3 Å². The van der Waals surface area contributed by atoms with Gasteiger partial charge in [0, 0.05) is 17.5 Å². The molecule has 20 heavy (non-hydrogen) atoms. The molecule has 0 aliphatic heterocycles. The maximum absolute atomic E-state index is 12.3. The number of benzene rings is 2.